The average molecular weight is 482 g/mol. The number of hydrogen-bond acceptors (Lipinski definition) is 3. The molecule has 0 bridgehead atoms. The molecule has 0 spiro atoms. The lowest BCUT2D eigenvalue weighted by Gasteiger charge is -2.10. The number of benzene rings is 2. The predicted molar refractivity (Wildman–Crippen MR) is 125 cm³/mol. The highest BCUT2D eigenvalue weighted by Crippen LogP contribution is 2.15. The quantitative estimate of drug-likeness (QED) is 0.257. The third-order valence-electron chi connectivity index (χ3n) is 3.87. The SMILES string of the molecule is Cc1cc(C)cc(NC(N)=NCc2ccc(OCCCN(C)C)cc2)c1.I. The van der Waals surface area contributed by atoms with Gasteiger partial charge in [-0.1, -0.05) is 18.2 Å². The third kappa shape index (κ3) is 9.10. The molecule has 0 saturated carbocycles. The molecule has 0 aliphatic heterocycles. The summed E-state index contributed by atoms with van der Waals surface area (Å²) in [5, 5.41) is 3.15. The zero-order valence-electron chi connectivity index (χ0n) is 16.7. The van der Waals surface area contributed by atoms with Crippen molar-refractivity contribution in [3.05, 3.63) is 59.2 Å². The van der Waals surface area contributed by atoms with Gasteiger partial charge in [0.15, 0.2) is 5.96 Å². The number of nitrogens with one attached hydrogen (secondary N) is 1. The molecule has 2 rings (SSSR count). The van der Waals surface area contributed by atoms with Crippen molar-refractivity contribution < 1.29 is 4.74 Å². The van der Waals surface area contributed by atoms with Crippen molar-refractivity contribution in [2.45, 2.75) is 26.8 Å². The average Bonchev–Trinajstić information content (AvgIpc) is 2.57. The molecule has 0 aromatic heterocycles. The Morgan fingerprint density at radius 1 is 1.07 bits per heavy atom. The number of halogens is 1. The second kappa shape index (κ2) is 11.8. The number of aliphatic imine (C=N–C) groups is 1. The summed E-state index contributed by atoms with van der Waals surface area (Å²) in [5.41, 5.74) is 10.4. The molecule has 148 valence electrons. The Hall–Kier alpha value is -1.80. The standard InChI is InChI=1S/C21H30N4O.HI/c1-16-12-17(2)14-19(13-16)24-21(22)23-15-18-6-8-20(9-7-18)26-11-5-10-25(3)4;/h6-9,12-14H,5,10-11,15H2,1-4H3,(H3,22,23,24);1H. The van der Waals surface area contributed by atoms with Gasteiger partial charge < -0.3 is 20.7 Å². The van der Waals surface area contributed by atoms with Gasteiger partial charge in [0.05, 0.1) is 13.2 Å². The number of nitrogens with zero attached hydrogens (tertiary/aromatic N) is 2. The molecule has 5 nitrogen and oxygen atoms in total. The second-order valence-electron chi connectivity index (χ2n) is 6.85. The van der Waals surface area contributed by atoms with E-state index in [4.69, 9.17) is 10.5 Å². The van der Waals surface area contributed by atoms with E-state index in [-0.39, 0.29) is 24.0 Å². The van der Waals surface area contributed by atoms with Gasteiger partial charge in [-0.05, 0) is 75.3 Å². The number of nitrogens with two attached hydrogens (primary N) is 1. The zero-order valence-corrected chi connectivity index (χ0v) is 19.0. The van der Waals surface area contributed by atoms with Crippen molar-refractivity contribution >= 4 is 35.6 Å². The second-order valence-corrected chi connectivity index (χ2v) is 6.85. The van der Waals surface area contributed by atoms with Crippen molar-refractivity contribution in [2.75, 3.05) is 32.6 Å². The minimum Gasteiger partial charge on any atom is -0.494 e. The largest absolute Gasteiger partial charge is 0.494 e. The monoisotopic (exact) mass is 482 g/mol. The maximum Gasteiger partial charge on any atom is 0.193 e. The Balaban J connectivity index is 0.00000364. The van der Waals surface area contributed by atoms with E-state index in [9.17, 15) is 0 Å². The van der Waals surface area contributed by atoms with Gasteiger partial charge in [-0.15, -0.1) is 24.0 Å². The molecule has 0 radical (unpaired) electrons. The van der Waals surface area contributed by atoms with Gasteiger partial charge in [-0.3, -0.25) is 0 Å². The van der Waals surface area contributed by atoms with Crippen molar-refractivity contribution in [2.24, 2.45) is 10.7 Å². The summed E-state index contributed by atoms with van der Waals surface area (Å²) in [7, 11) is 4.13. The van der Waals surface area contributed by atoms with E-state index in [2.05, 4.69) is 61.4 Å². The van der Waals surface area contributed by atoms with Crippen LogP contribution in [0.2, 0.25) is 0 Å². The van der Waals surface area contributed by atoms with Crippen LogP contribution in [0.15, 0.2) is 47.5 Å². The van der Waals surface area contributed by atoms with Crippen LogP contribution in [0, 0.1) is 13.8 Å². The van der Waals surface area contributed by atoms with E-state index in [1.165, 1.54) is 11.1 Å². The molecule has 0 saturated heterocycles. The first-order valence-corrected chi connectivity index (χ1v) is 8.94. The van der Waals surface area contributed by atoms with Crippen molar-refractivity contribution in [3.63, 3.8) is 0 Å². The smallest absolute Gasteiger partial charge is 0.193 e. The van der Waals surface area contributed by atoms with Crippen molar-refractivity contribution in [1.29, 1.82) is 0 Å². The Morgan fingerprint density at radius 2 is 1.70 bits per heavy atom. The molecule has 0 fully saturated rings. The predicted octanol–water partition coefficient (Wildman–Crippen LogP) is 4.18. The summed E-state index contributed by atoms with van der Waals surface area (Å²) in [6.07, 6.45) is 1.01. The summed E-state index contributed by atoms with van der Waals surface area (Å²) in [6, 6.07) is 14.2. The zero-order chi connectivity index (χ0) is 18.9. The highest BCUT2D eigenvalue weighted by Gasteiger charge is 1.99. The van der Waals surface area contributed by atoms with Gasteiger partial charge in [-0.25, -0.2) is 4.99 Å². The lowest BCUT2D eigenvalue weighted by atomic mass is 10.1. The lowest BCUT2D eigenvalue weighted by molar-refractivity contribution is 0.281. The first-order valence-electron chi connectivity index (χ1n) is 8.94. The first kappa shape index (κ1) is 23.2. The number of ether oxygens (including phenoxy) is 1. The lowest BCUT2D eigenvalue weighted by Crippen LogP contribution is -2.22. The number of anilines is 1. The number of aryl methyl sites for hydroxylation is 2. The fraction of sp³-hybridized carbons (Fsp3) is 0.381. The van der Waals surface area contributed by atoms with Crippen LogP contribution in [0.25, 0.3) is 0 Å². The minimum atomic E-state index is 0. The Bertz CT molecular complexity index is 709. The van der Waals surface area contributed by atoms with E-state index in [0.29, 0.717) is 12.5 Å². The van der Waals surface area contributed by atoms with E-state index < -0.39 is 0 Å². The Labute approximate surface area is 180 Å². The number of hydrogen-bond donors (Lipinski definition) is 2. The van der Waals surface area contributed by atoms with Gasteiger partial charge >= 0.3 is 0 Å². The van der Waals surface area contributed by atoms with E-state index in [1.807, 2.05) is 24.3 Å². The Morgan fingerprint density at radius 3 is 2.30 bits per heavy atom. The fourth-order valence-corrected chi connectivity index (χ4v) is 2.67. The van der Waals surface area contributed by atoms with Crippen LogP contribution < -0.4 is 15.8 Å². The molecular formula is C21H31IN4O. The summed E-state index contributed by atoms with van der Waals surface area (Å²) < 4.78 is 5.74. The van der Waals surface area contributed by atoms with Crippen LogP contribution in [-0.4, -0.2) is 38.1 Å². The van der Waals surface area contributed by atoms with Gasteiger partial charge in [0.1, 0.15) is 5.75 Å². The molecule has 0 atom stereocenters. The Kier molecular flexibility index (Phi) is 10.2. The van der Waals surface area contributed by atoms with Crippen LogP contribution in [0.4, 0.5) is 5.69 Å². The summed E-state index contributed by atoms with van der Waals surface area (Å²) in [6.45, 7) is 6.41. The molecular weight excluding hydrogens is 451 g/mol. The minimum absolute atomic E-state index is 0. The molecule has 6 heteroatoms. The first-order chi connectivity index (χ1) is 12.4. The molecule has 2 aromatic rings. The van der Waals surface area contributed by atoms with Crippen molar-refractivity contribution in [3.8, 4) is 5.75 Å². The van der Waals surface area contributed by atoms with Gasteiger partial charge in [0.2, 0.25) is 0 Å². The van der Waals surface area contributed by atoms with Gasteiger partial charge in [-0.2, -0.15) is 0 Å². The molecule has 0 heterocycles. The molecule has 3 N–H and O–H groups in total. The maximum atomic E-state index is 6.00. The summed E-state index contributed by atoms with van der Waals surface area (Å²) in [5.74, 6) is 1.30. The topological polar surface area (TPSA) is 62.9 Å². The van der Waals surface area contributed by atoms with Crippen LogP contribution in [-0.2, 0) is 6.54 Å². The highest BCUT2D eigenvalue weighted by molar-refractivity contribution is 14.0. The van der Waals surface area contributed by atoms with Crippen LogP contribution in [0.5, 0.6) is 5.75 Å². The molecule has 0 unspecified atom stereocenters. The van der Waals surface area contributed by atoms with E-state index in [0.717, 1.165) is 36.6 Å². The van der Waals surface area contributed by atoms with Gasteiger partial charge in [0, 0.05) is 12.2 Å². The summed E-state index contributed by atoms with van der Waals surface area (Å²) >= 11 is 0. The molecule has 0 aliphatic carbocycles. The molecule has 0 amide bonds. The fourth-order valence-electron chi connectivity index (χ4n) is 2.67. The molecule has 2 aromatic carbocycles. The number of guanidine groups is 1. The third-order valence-corrected chi connectivity index (χ3v) is 3.87. The number of rotatable bonds is 8. The normalized spacial score (nSPS) is 11.2. The highest BCUT2D eigenvalue weighted by atomic mass is 127. The molecule has 0 aliphatic rings. The van der Waals surface area contributed by atoms with Crippen LogP contribution >= 0.6 is 24.0 Å². The molecule has 27 heavy (non-hydrogen) atoms. The summed E-state index contributed by atoms with van der Waals surface area (Å²) in [4.78, 5) is 6.56. The van der Waals surface area contributed by atoms with Gasteiger partial charge in [0.25, 0.3) is 0 Å². The van der Waals surface area contributed by atoms with Crippen LogP contribution in [0.1, 0.15) is 23.1 Å². The van der Waals surface area contributed by atoms with E-state index >= 15 is 0 Å². The van der Waals surface area contributed by atoms with E-state index in [1.54, 1.807) is 0 Å². The van der Waals surface area contributed by atoms with Crippen molar-refractivity contribution in [1.82, 2.24) is 4.90 Å². The maximum absolute atomic E-state index is 6.00. The van der Waals surface area contributed by atoms with Crippen LogP contribution in [0.3, 0.4) is 0 Å².